The van der Waals surface area contributed by atoms with E-state index in [0.29, 0.717) is 36.4 Å². The van der Waals surface area contributed by atoms with Crippen LogP contribution in [0.4, 0.5) is 14.5 Å². The molecular weight excluding hydrogens is 350 g/mol. The van der Waals surface area contributed by atoms with E-state index in [1.807, 2.05) is 18.2 Å². The third kappa shape index (κ3) is 4.93. The largest absolute Gasteiger partial charge is 0.486 e. The summed E-state index contributed by atoms with van der Waals surface area (Å²) in [7, 11) is 0. The van der Waals surface area contributed by atoms with E-state index in [-0.39, 0.29) is 5.75 Å². The molecule has 1 heterocycles. The molecule has 8 heteroatoms. The number of thiocarbonyl (C=S) groups is 1. The Balaban J connectivity index is 1.51. The molecule has 0 radical (unpaired) electrons. The Kier molecular flexibility index (Phi) is 5.49. The first-order valence-electron chi connectivity index (χ1n) is 7.58. The van der Waals surface area contributed by atoms with Crippen molar-refractivity contribution in [1.29, 1.82) is 0 Å². The normalized spacial score (nSPS) is 12.6. The second kappa shape index (κ2) is 7.98. The zero-order valence-electron chi connectivity index (χ0n) is 13.1. The van der Waals surface area contributed by atoms with Crippen molar-refractivity contribution < 1.29 is 23.0 Å². The van der Waals surface area contributed by atoms with Crippen molar-refractivity contribution in [1.82, 2.24) is 5.32 Å². The molecule has 5 nitrogen and oxygen atoms in total. The van der Waals surface area contributed by atoms with Crippen LogP contribution in [-0.2, 0) is 6.54 Å². The summed E-state index contributed by atoms with van der Waals surface area (Å²) in [5, 5.41) is 6.54. The molecule has 2 aromatic rings. The van der Waals surface area contributed by atoms with Crippen LogP contribution in [0.25, 0.3) is 0 Å². The van der Waals surface area contributed by atoms with Crippen LogP contribution in [0.3, 0.4) is 0 Å². The molecule has 2 aromatic carbocycles. The van der Waals surface area contributed by atoms with Crippen LogP contribution < -0.4 is 24.8 Å². The molecule has 0 unspecified atom stereocenters. The molecule has 25 heavy (non-hydrogen) atoms. The molecule has 0 fully saturated rings. The summed E-state index contributed by atoms with van der Waals surface area (Å²) >= 11 is 5.25. The number of ether oxygens (including phenoxy) is 3. The minimum absolute atomic E-state index is 0.121. The van der Waals surface area contributed by atoms with Crippen molar-refractivity contribution in [3.63, 3.8) is 0 Å². The average molecular weight is 366 g/mol. The minimum Gasteiger partial charge on any atom is -0.486 e. The molecule has 0 bridgehead atoms. The lowest BCUT2D eigenvalue weighted by molar-refractivity contribution is -0.0498. The zero-order chi connectivity index (χ0) is 17.6. The van der Waals surface area contributed by atoms with Crippen molar-refractivity contribution in [3.8, 4) is 17.2 Å². The lowest BCUT2D eigenvalue weighted by atomic mass is 10.2. The first kappa shape index (κ1) is 17.2. The van der Waals surface area contributed by atoms with Gasteiger partial charge in [-0.25, -0.2) is 0 Å². The molecule has 0 saturated carbocycles. The van der Waals surface area contributed by atoms with Crippen LogP contribution in [-0.4, -0.2) is 24.9 Å². The smallest absolute Gasteiger partial charge is 0.387 e. The number of hydrogen-bond donors (Lipinski definition) is 2. The number of alkyl halides is 2. The fraction of sp³-hybridized carbons (Fsp3) is 0.235. The summed E-state index contributed by atoms with van der Waals surface area (Å²) in [6, 6.07) is 11.8. The Morgan fingerprint density at radius 1 is 1.08 bits per heavy atom. The van der Waals surface area contributed by atoms with Gasteiger partial charge >= 0.3 is 6.61 Å². The summed E-state index contributed by atoms with van der Waals surface area (Å²) < 4.78 is 39.5. The van der Waals surface area contributed by atoms with Crippen LogP contribution in [0.2, 0.25) is 0 Å². The highest BCUT2D eigenvalue weighted by molar-refractivity contribution is 7.80. The average Bonchev–Trinajstić information content (AvgIpc) is 2.60. The number of fused-ring (bicyclic) bond motifs is 1. The summed E-state index contributed by atoms with van der Waals surface area (Å²) in [4.78, 5) is 0. The quantitative estimate of drug-likeness (QED) is 0.790. The van der Waals surface area contributed by atoms with E-state index in [1.54, 1.807) is 12.1 Å². The maximum atomic E-state index is 12.1. The van der Waals surface area contributed by atoms with Gasteiger partial charge in [-0.05, 0) is 42.0 Å². The molecule has 0 aliphatic carbocycles. The van der Waals surface area contributed by atoms with E-state index < -0.39 is 6.61 Å². The SMILES string of the molecule is FC(F)Oc1ccc(CNC(=S)Nc2ccc3c(c2)OCCO3)cc1. The number of anilines is 1. The van der Waals surface area contributed by atoms with Gasteiger partial charge in [0.2, 0.25) is 0 Å². The molecule has 0 aromatic heterocycles. The first-order chi connectivity index (χ1) is 12.1. The number of hydrogen-bond acceptors (Lipinski definition) is 4. The van der Waals surface area contributed by atoms with Gasteiger partial charge in [-0.2, -0.15) is 8.78 Å². The fourth-order valence-corrected chi connectivity index (χ4v) is 2.46. The lowest BCUT2D eigenvalue weighted by Crippen LogP contribution is -2.28. The molecule has 1 aliphatic rings. The third-order valence-electron chi connectivity index (χ3n) is 3.40. The number of halogens is 2. The van der Waals surface area contributed by atoms with Crippen LogP contribution in [0.1, 0.15) is 5.56 Å². The van der Waals surface area contributed by atoms with E-state index in [9.17, 15) is 8.78 Å². The molecule has 1 aliphatic heterocycles. The van der Waals surface area contributed by atoms with E-state index in [0.717, 1.165) is 11.3 Å². The highest BCUT2D eigenvalue weighted by Gasteiger charge is 2.12. The fourth-order valence-electron chi connectivity index (χ4n) is 2.27. The van der Waals surface area contributed by atoms with Gasteiger partial charge in [0.05, 0.1) is 0 Å². The van der Waals surface area contributed by atoms with Gasteiger partial charge in [0.15, 0.2) is 16.6 Å². The Morgan fingerprint density at radius 3 is 2.52 bits per heavy atom. The second-order valence-electron chi connectivity index (χ2n) is 5.19. The highest BCUT2D eigenvalue weighted by Crippen LogP contribution is 2.32. The van der Waals surface area contributed by atoms with Gasteiger partial charge in [0.1, 0.15) is 19.0 Å². The summed E-state index contributed by atoms with van der Waals surface area (Å²) in [6.07, 6.45) is 0. The molecular formula is C17H16F2N2O3S. The summed E-state index contributed by atoms with van der Waals surface area (Å²) in [6.45, 7) is -1.32. The van der Waals surface area contributed by atoms with Crippen molar-refractivity contribution in [2.75, 3.05) is 18.5 Å². The van der Waals surface area contributed by atoms with Gasteiger partial charge < -0.3 is 24.8 Å². The van der Waals surface area contributed by atoms with Gasteiger partial charge in [-0.1, -0.05) is 12.1 Å². The molecule has 0 amide bonds. The van der Waals surface area contributed by atoms with Crippen molar-refractivity contribution in [2.24, 2.45) is 0 Å². The first-order valence-corrected chi connectivity index (χ1v) is 7.99. The third-order valence-corrected chi connectivity index (χ3v) is 3.65. The Labute approximate surface area is 148 Å². The Morgan fingerprint density at radius 2 is 1.80 bits per heavy atom. The zero-order valence-corrected chi connectivity index (χ0v) is 13.9. The van der Waals surface area contributed by atoms with E-state index in [1.165, 1.54) is 12.1 Å². The predicted molar refractivity (Wildman–Crippen MR) is 93.6 cm³/mol. The molecule has 0 atom stereocenters. The topological polar surface area (TPSA) is 51.8 Å². The Bertz CT molecular complexity index is 741. The molecule has 132 valence electrons. The van der Waals surface area contributed by atoms with Gasteiger partial charge in [-0.15, -0.1) is 0 Å². The van der Waals surface area contributed by atoms with E-state index in [2.05, 4.69) is 15.4 Å². The molecule has 3 rings (SSSR count). The predicted octanol–water partition coefficient (Wildman–Crippen LogP) is 3.55. The maximum absolute atomic E-state index is 12.1. The van der Waals surface area contributed by atoms with Crippen molar-refractivity contribution >= 4 is 23.0 Å². The lowest BCUT2D eigenvalue weighted by Gasteiger charge is -2.19. The van der Waals surface area contributed by atoms with Crippen LogP contribution in [0.5, 0.6) is 17.2 Å². The van der Waals surface area contributed by atoms with Crippen LogP contribution >= 0.6 is 12.2 Å². The monoisotopic (exact) mass is 366 g/mol. The minimum atomic E-state index is -2.83. The number of nitrogens with one attached hydrogen (secondary N) is 2. The van der Waals surface area contributed by atoms with Gasteiger partial charge in [0, 0.05) is 18.3 Å². The molecule has 0 spiro atoms. The van der Waals surface area contributed by atoms with Crippen LogP contribution in [0, 0.1) is 0 Å². The molecule has 2 N–H and O–H groups in total. The van der Waals surface area contributed by atoms with Crippen LogP contribution in [0.15, 0.2) is 42.5 Å². The number of rotatable bonds is 5. The second-order valence-corrected chi connectivity index (χ2v) is 5.60. The van der Waals surface area contributed by atoms with Crippen molar-refractivity contribution in [2.45, 2.75) is 13.2 Å². The maximum Gasteiger partial charge on any atom is 0.387 e. The van der Waals surface area contributed by atoms with E-state index in [4.69, 9.17) is 21.7 Å². The summed E-state index contributed by atoms with van der Waals surface area (Å²) in [5.74, 6) is 1.51. The highest BCUT2D eigenvalue weighted by atomic mass is 32.1. The molecule has 0 saturated heterocycles. The van der Waals surface area contributed by atoms with E-state index >= 15 is 0 Å². The standard InChI is InChI=1S/C17H16F2N2O3S/c18-16(19)24-13-4-1-11(2-5-13)10-20-17(25)21-12-3-6-14-15(9-12)23-8-7-22-14/h1-6,9,16H,7-8,10H2,(H2,20,21,25). The Hall–Kier alpha value is -2.61. The number of benzene rings is 2. The van der Waals surface area contributed by atoms with Gasteiger partial charge in [0.25, 0.3) is 0 Å². The van der Waals surface area contributed by atoms with Gasteiger partial charge in [-0.3, -0.25) is 0 Å². The summed E-state index contributed by atoms with van der Waals surface area (Å²) in [5.41, 5.74) is 1.66. The van der Waals surface area contributed by atoms with Crippen molar-refractivity contribution in [3.05, 3.63) is 48.0 Å².